The molecule has 0 spiro atoms. The van der Waals surface area contributed by atoms with Crippen molar-refractivity contribution in [2.24, 2.45) is 11.3 Å². The topological polar surface area (TPSA) is 57.8 Å². The molecule has 1 amide bonds. The second kappa shape index (κ2) is 4.90. The second-order valence-corrected chi connectivity index (χ2v) is 5.97. The number of aryl methyl sites for hydroxylation is 1. The monoisotopic (exact) mass is 237 g/mol. The quantitative estimate of drug-likeness (QED) is 0.849. The summed E-state index contributed by atoms with van der Waals surface area (Å²) in [4.78, 5) is 12.0. The molecule has 1 rings (SSSR count). The highest BCUT2D eigenvalue weighted by molar-refractivity contribution is 5.95. The molecule has 0 radical (unpaired) electrons. The second-order valence-electron chi connectivity index (χ2n) is 5.97. The van der Waals surface area contributed by atoms with Crippen LogP contribution in [0.25, 0.3) is 0 Å². The lowest BCUT2D eigenvalue weighted by Gasteiger charge is -2.18. The molecule has 0 aliphatic heterocycles. The summed E-state index contributed by atoms with van der Waals surface area (Å²) in [6.07, 6.45) is 0.865. The lowest BCUT2D eigenvalue weighted by atomic mass is 9.95. The molecule has 2 N–H and O–H groups in total. The van der Waals surface area contributed by atoms with Gasteiger partial charge in [0.15, 0.2) is 0 Å². The van der Waals surface area contributed by atoms with Crippen molar-refractivity contribution in [3.63, 3.8) is 0 Å². The van der Waals surface area contributed by atoms with Crippen LogP contribution >= 0.6 is 0 Å². The molecule has 0 aliphatic carbocycles. The van der Waals surface area contributed by atoms with Crippen LogP contribution in [0.1, 0.15) is 46.0 Å². The first-order chi connectivity index (χ1) is 7.71. The summed E-state index contributed by atoms with van der Waals surface area (Å²) in [6, 6.07) is 0. The SMILES string of the molecule is Cc1[nH]nc(CC(C)C)c1NC(=O)C(C)(C)C. The van der Waals surface area contributed by atoms with Gasteiger partial charge in [0.05, 0.1) is 17.1 Å². The summed E-state index contributed by atoms with van der Waals surface area (Å²) < 4.78 is 0. The highest BCUT2D eigenvalue weighted by Crippen LogP contribution is 2.23. The molecule has 96 valence electrons. The predicted octanol–water partition coefficient (Wildman–Crippen LogP) is 2.90. The Bertz CT molecular complexity index is 399. The Labute approximate surface area is 103 Å². The molecule has 1 aromatic heterocycles. The first-order valence-electron chi connectivity index (χ1n) is 6.07. The first kappa shape index (κ1) is 13.7. The normalized spacial score (nSPS) is 11.9. The Kier molecular flexibility index (Phi) is 3.96. The van der Waals surface area contributed by atoms with E-state index >= 15 is 0 Å². The number of rotatable bonds is 3. The highest BCUT2D eigenvalue weighted by Gasteiger charge is 2.23. The van der Waals surface area contributed by atoms with Crippen LogP contribution in [-0.2, 0) is 11.2 Å². The molecule has 1 aromatic rings. The third-order valence-corrected chi connectivity index (χ3v) is 2.54. The van der Waals surface area contributed by atoms with E-state index in [-0.39, 0.29) is 5.91 Å². The van der Waals surface area contributed by atoms with Crippen LogP contribution < -0.4 is 5.32 Å². The van der Waals surface area contributed by atoms with E-state index in [1.807, 2.05) is 27.7 Å². The fourth-order valence-corrected chi connectivity index (χ4v) is 1.48. The van der Waals surface area contributed by atoms with E-state index in [4.69, 9.17) is 0 Å². The zero-order chi connectivity index (χ0) is 13.2. The number of H-pyrrole nitrogens is 1. The molecule has 4 heteroatoms. The minimum Gasteiger partial charge on any atom is -0.323 e. The Morgan fingerprint density at radius 2 is 2.00 bits per heavy atom. The molecule has 0 aliphatic rings. The summed E-state index contributed by atoms with van der Waals surface area (Å²) in [5, 5.41) is 10.2. The van der Waals surface area contributed by atoms with Gasteiger partial charge in [-0.05, 0) is 19.3 Å². The molecular weight excluding hydrogens is 214 g/mol. The number of amides is 1. The average molecular weight is 237 g/mol. The molecule has 0 aromatic carbocycles. The van der Waals surface area contributed by atoms with E-state index in [1.165, 1.54) is 0 Å². The van der Waals surface area contributed by atoms with Gasteiger partial charge in [0, 0.05) is 5.41 Å². The number of carbonyl (C=O) groups is 1. The number of nitrogens with one attached hydrogen (secondary N) is 2. The number of nitrogens with zero attached hydrogens (tertiary/aromatic N) is 1. The number of aromatic nitrogens is 2. The van der Waals surface area contributed by atoms with Crippen LogP contribution in [0.4, 0.5) is 5.69 Å². The molecule has 0 atom stereocenters. The van der Waals surface area contributed by atoms with Crippen molar-refractivity contribution in [3.05, 3.63) is 11.4 Å². The predicted molar refractivity (Wildman–Crippen MR) is 70.0 cm³/mol. The molecule has 0 fully saturated rings. The zero-order valence-electron chi connectivity index (χ0n) is 11.6. The summed E-state index contributed by atoms with van der Waals surface area (Å²) in [5.41, 5.74) is 2.31. The van der Waals surface area contributed by atoms with E-state index in [9.17, 15) is 4.79 Å². The summed E-state index contributed by atoms with van der Waals surface area (Å²) in [6.45, 7) is 11.9. The van der Waals surface area contributed by atoms with Crippen LogP contribution in [0.5, 0.6) is 0 Å². The van der Waals surface area contributed by atoms with E-state index in [0.717, 1.165) is 23.5 Å². The largest absolute Gasteiger partial charge is 0.323 e. The van der Waals surface area contributed by atoms with Crippen molar-refractivity contribution in [1.82, 2.24) is 10.2 Å². The lowest BCUT2D eigenvalue weighted by molar-refractivity contribution is -0.123. The van der Waals surface area contributed by atoms with Crippen LogP contribution in [0.3, 0.4) is 0 Å². The molecule has 0 bridgehead atoms. The van der Waals surface area contributed by atoms with E-state index in [0.29, 0.717) is 5.92 Å². The van der Waals surface area contributed by atoms with Crippen molar-refractivity contribution < 1.29 is 4.79 Å². The summed E-state index contributed by atoms with van der Waals surface area (Å²) in [5.74, 6) is 0.537. The van der Waals surface area contributed by atoms with Crippen LogP contribution in [0.15, 0.2) is 0 Å². The average Bonchev–Trinajstić information content (AvgIpc) is 2.47. The van der Waals surface area contributed by atoms with Crippen molar-refractivity contribution in [2.45, 2.75) is 48.0 Å². The van der Waals surface area contributed by atoms with Crippen molar-refractivity contribution in [3.8, 4) is 0 Å². The van der Waals surface area contributed by atoms with Gasteiger partial charge < -0.3 is 5.32 Å². The maximum atomic E-state index is 12.0. The number of anilines is 1. The van der Waals surface area contributed by atoms with Gasteiger partial charge in [-0.15, -0.1) is 0 Å². The molecule has 17 heavy (non-hydrogen) atoms. The molecule has 4 nitrogen and oxygen atoms in total. The van der Waals surface area contributed by atoms with E-state index < -0.39 is 5.41 Å². The minimum absolute atomic E-state index is 0.0204. The van der Waals surface area contributed by atoms with Crippen molar-refractivity contribution >= 4 is 11.6 Å². The van der Waals surface area contributed by atoms with Gasteiger partial charge in [-0.3, -0.25) is 9.89 Å². The molecule has 0 saturated carbocycles. The van der Waals surface area contributed by atoms with E-state index in [2.05, 4.69) is 29.4 Å². The number of hydrogen-bond acceptors (Lipinski definition) is 2. The summed E-state index contributed by atoms with van der Waals surface area (Å²) >= 11 is 0. The number of hydrogen-bond donors (Lipinski definition) is 2. The Hall–Kier alpha value is -1.32. The maximum Gasteiger partial charge on any atom is 0.229 e. The third-order valence-electron chi connectivity index (χ3n) is 2.54. The van der Waals surface area contributed by atoms with Gasteiger partial charge in [-0.2, -0.15) is 5.10 Å². The van der Waals surface area contributed by atoms with Crippen molar-refractivity contribution in [1.29, 1.82) is 0 Å². The summed E-state index contributed by atoms with van der Waals surface area (Å²) in [7, 11) is 0. The molecule has 1 heterocycles. The van der Waals surface area contributed by atoms with Gasteiger partial charge in [-0.1, -0.05) is 34.6 Å². The Morgan fingerprint density at radius 3 is 2.47 bits per heavy atom. The Balaban J connectivity index is 2.90. The van der Waals surface area contributed by atoms with Crippen LogP contribution in [0.2, 0.25) is 0 Å². The molecule has 0 saturated heterocycles. The van der Waals surface area contributed by atoms with Gasteiger partial charge >= 0.3 is 0 Å². The van der Waals surface area contributed by atoms with Crippen LogP contribution in [-0.4, -0.2) is 16.1 Å². The number of carbonyl (C=O) groups excluding carboxylic acids is 1. The van der Waals surface area contributed by atoms with Crippen molar-refractivity contribution in [2.75, 3.05) is 5.32 Å². The zero-order valence-corrected chi connectivity index (χ0v) is 11.6. The Morgan fingerprint density at radius 1 is 1.41 bits per heavy atom. The fraction of sp³-hybridized carbons (Fsp3) is 0.692. The van der Waals surface area contributed by atoms with Gasteiger partial charge in [0.25, 0.3) is 0 Å². The molecule has 0 unspecified atom stereocenters. The fourth-order valence-electron chi connectivity index (χ4n) is 1.48. The highest BCUT2D eigenvalue weighted by atomic mass is 16.2. The van der Waals surface area contributed by atoms with Gasteiger partial charge in [0.2, 0.25) is 5.91 Å². The van der Waals surface area contributed by atoms with E-state index in [1.54, 1.807) is 0 Å². The molecular formula is C13H23N3O. The first-order valence-corrected chi connectivity index (χ1v) is 6.07. The van der Waals surface area contributed by atoms with Crippen LogP contribution in [0, 0.1) is 18.3 Å². The maximum absolute atomic E-state index is 12.0. The smallest absolute Gasteiger partial charge is 0.229 e. The van der Waals surface area contributed by atoms with Gasteiger partial charge in [-0.25, -0.2) is 0 Å². The standard InChI is InChI=1S/C13H23N3O/c1-8(2)7-10-11(9(3)15-16-10)14-12(17)13(4,5)6/h8H,7H2,1-6H3,(H,14,17)(H,15,16). The third kappa shape index (κ3) is 3.58. The minimum atomic E-state index is -0.390. The van der Waals surface area contributed by atoms with Gasteiger partial charge in [0.1, 0.15) is 0 Å². The number of aromatic amines is 1. The lowest BCUT2D eigenvalue weighted by Crippen LogP contribution is -2.28.